The number of rotatable bonds is 6. The number of benzene rings is 2. The zero-order chi connectivity index (χ0) is 20.0. The van der Waals surface area contributed by atoms with Crippen LogP contribution in [0.5, 0.6) is 5.75 Å². The first-order valence-corrected chi connectivity index (χ1v) is 7.91. The molecule has 27 heavy (non-hydrogen) atoms. The summed E-state index contributed by atoms with van der Waals surface area (Å²) < 4.78 is 23.4. The van der Waals surface area contributed by atoms with Crippen LogP contribution in [0.1, 0.15) is 35.3 Å². The summed E-state index contributed by atoms with van der Waals surface area (Å²) in [6, 6.07) is 11.0. The summed E-state index contributed by atoms with van der Waals surface area (Å²) in [5, 5.41) is 9.04. The molecule has 2 rings (SSSR count). The second kappa shape index (κ2) is 8.23. The number of ether oxygens (including phenoxy) is 2. The van der Waals surface area contributed by atoms with Crippen LogP contribution in [-0.2, 0) is 20.9 Å². The van der Waals surface area contributed by atoms with Crippen molar-refractivity contribution < 1.29 is 28.2 Å². The molecule has 0 N–H and O–H groups in total. The molecule has 6 nitrogen and oxygen atoms in total. The van der Waals surface area contributed by atoms with Gasteiger partial charge in [0.15, 0.2) is 0 Å². The lowest BCUT2D eigenvalue weighted by Gasteiger charge is -2.16. The number of nitriles is 1. The summed E-state index contributed by atoms with van der Waals surface area (Å²) in [5.74, 6) is -1.90. The second-order valence-electron chi connectivity index (χ2n) is 6.25. The van der Waals surface area contributed by atoms with Crippen LogP contribution < -0.4 is 4.74 Å². The Balaban J connectivity index is 2.22. The lowest BCUT2D eigenvalue weighted by molar-refractivity contribution is -0.156. The van der Waals surface area contributed by atoms with Crippen molar-refractivity contribution in [3.63, 3.8) is 0 Å². The summed E-state index contributed by atoms with van der Waals surface area (Å²) in [6.07, 6.45) is 0.469. The maximum absolute atomic E-state index is 13.0. The maximum Gasteiger partial charge on any atom is 0.343 e. The number of carbonyl (C=O) groups excluding carboxylic acids is 3. The number of nitrogens with zero attached hydrogens (tertiary/aromatic N) is 1. The van der Waals surface area contributed by atoms with Crippen LogP contribution in [0.2, 0.25) is 0 Å². The molecular weight excluding hydrogens is 353 g/mol. The fraction of sp³-hybridized carbons (Fsp3) is 0.200. The van der Waals surface area contributed by atoms with Gasteiger partial charge < -0.3 is 14.3 Å². The average molecular weight is 369 g/mol. The highest BCUT2D eigenvalue weighted by molar-refractivity contribution is 5.92. The number of hydrogen-bond acceptors (Lipinski definition) is 6. The molecule has 7 heteroatoms. The Labute approximate surface area is 155 Å². The molecule has 0 heterocycles. The second-order valence-corrected chi connectivity index (χ2v) is 6.25. The predicted octanol–water partition coefficient (Wildman–Crippen LogP) is 3.18. The smallest absolute Gasteiger partial charge is 0.343 e. The van der Waals surface area contributed by atoms with Crippen molar-refractivity contribution >= 4 is 18.2 Å². The van der Waals surface area contributed by atoms with Gasteiger partial charge in [-0.3, -0.25) is 4.79 Å². The van der Waals surface area contributed by atoms with Crippen molar-refractivity contribution in [1.29, 1.82) is 5.26 Å². The van der Waals surface area contributed by atoms with E-state index in [4.69, 9.17) is 14.7 Å². The largest absolute Gasteiger partial charge is 0.460 e. The summed E-state index contributed by atoms with van der Waals surface area (Å²) in [7, 11) is 0. The molecule has 0 saturated carbocycles. The fourth-order valence-corrected chi connectivity index (χ4v) is 1.98. The van der Waals surface area contributed by atoms with E-state index in [-0.39, 0.29) is 29.0 Å². The molecule has 0 saturated heterocycles. The quantitative estimate of drug-likeness (QED) is 0.336. The first kappa shape index (κ1) is 19.8. The van der Waals surface area contributed by atoms with E-state index in [9.17, 15) is 18.8 Å². The summed E-state index contributed by atoms with van der Waals surface area (Å²) in [5.41, 5.74) is -0.639. The third kappa shape index (κ3) is 4.98. The number of esters is 2. The Hall–Kier alpha value is -3.53. The molecule has 0 aliphatic rings. The fourth-order valence-electron chi connectivity index (χ4n) is 1.98. The van der Waals surface area contributed by atoms with Crippen LogP contribution in [0.15, 0.2) is 42.5 Å². The molecule has 0 unspecified atom stereocenters. The van der Waals surface area contributed by atoms with Gasteiger partial charge in [-0.15, -0.1) is 0 Å². The van der Waals surface area contributed by atoms with Crippen molar-refractivity contribution in [2.24, 2.45) is 5.41 Å². The van der Waals surface area contributed by atoms with E-state index in [0.29, 0.717) is 6.29 Å². The summed E-state index contributed by atoms with van der Waals surface area (Å²) >= 11 is 0. The van der Waals surface area contributed by atoms with Gasteiger partial charge in [-0.25, -0.2) is 9.18 Å². The summed E-state index contributed by atoms with van der Waals surface area (Å²) in [4.78, 5) is 35.1. The minimum atomic E-state index is -1.32. The average Bonchev–Trinajstić information content (AvgIpc) is 2.67. The SMILES string of the molecule is CC(C)(C=O)C(=O)OCc1cc(C#N)ccc1OC(=O)c1ccc(F)cc1. The Morgan fingerprint density at radius 2 is 1.85 bits per heavy atom. The molecule has 0 aliphatic carbocycles. The van der Waals surface area contributed by atoms with Gasteiger partial charge in [0.2, 0.25) is 0 Å². The molecule has 0 aromatic heterocycles. The van der Waals surface area contributed by atoms with Crippen molar-refractivity contribution in [2.75, 3.05) is 0 Å². The Bertz CT molecular complexity index is 913. The highest BCUT2D eigenvalue weighted by Gasteiger charge is 2.29. The van der Waals surface area contributed by atoms with Gasteiger partial charge in [0.1, 0.15) is 29.9 Å². The maximum atomic E-state index is 13.0. The molecule has 0 aliphatic heterocycles. The highest BCUT2D eigenvalue weighted by Crippen LogP contribution is 2.24. The van der Waals surface area contributed by atoms with Gasteiger partial charge in [0.05, 0.1) is 17.2 Å². The lowest BCUT2D eigenvalue weighted by atomic mass is 9.96. The van der Waals surface area contributed by atoms with Crippen LogP contribution >= 0.6 is 0 Å². The molecule has 2 aromatic rings. The van der Waals surface area contributed by atoms with Crippen LogP contribution in [-0.4, -0.2) is 18.2 Å². The monoisotopic (exact) mass is 369 g/mol. The van der Waals surface area contributed by atoms with Gasteiger partial charge in [0, 0.05) is 5.56 Å². The number of aldehydes is 1. The van der Waals surface area contributed by atoms with E-state index in [1.165, 1.54) is 44.2 Å². The first-order valence-electron chi connectivity index (χ1n) is 7.91. The topological polar surface area (TPSA) is 93.5 Å². The van der Waals surface area contributed by atoms with E-state index in [1.807, 2.05) is 6.07 Å². The number of halogens is 1. The van der Waals surface area contributed by atoms with Crippen LogP contribution in [0, 0.1) is 22.6 Å². The summed E-state index contributed by atoms with van der Waals surface area (Å²) in [6.45, 7) is 2.52. The Morgan fingerprint density at radius 3 is 2.44 bits per heavy atom. The van der Waals surface area contributed by atoms with Crippen molar-refractivity contribution in [3.8, 4) is 11.8 Å². The van der Waals surface area contributed by atoms with E-state index in [1.54, 1.807) is 0 Å². The normalized spacial score (nSPS) is 10.6. The molecular formula is C20H16FNO5. The molecule has 0 spiro atoms. The Kier molecular flexibility index (Phi) is 6.03. The van der Waals surface area contributed by atoms with Gasteiger partial charge in [0.25, 0.3) is 0 Å². The van der Waals surface area contributed by atoms with Crippen LogP contribution in [0.25, 0.3) is 0 Å². The zero-order valence-corrected chi connectivity index (χ0v) is 14.7. The zero-order valence-electron chi connectivity index (χ0n) is 14.7. The molecule has 138 valence electrons. The minimum absolute atomic E-state index is 0.0834. The lowest BCUT2D eigenvalue weighted by Crippen LogP contribution is -2.28. The molecule has 2 aromatic carbocycles. The van der Waals surface area contributed by atoms with E-state index < -0.39 is 23.2 Å². The third-order valence-corrected chi connectivity index (χ3v) is 3.65. The van der Waals surface area contributed by atoms with Crippen molar-refractivity contribution in [1.82, 2.24) is 0 Å². The third-order valence-electron chi connectivity index (χ3n) is 3.65. The van der Waals surface area contributed by atoms with Gasteiger partial charge in [-0.05, 0) is 56.3 Å². The van der Waals surface area contributed by atoms with Gasteiger partial charge in [-0.1, -0.05) is 0 Å². The van der Waals surface area contributed by atoms with Gasteiger partial charge >= 0.3 is 11.9 Å². The minimum Gasteiger partial charge on any atom is -0.460 e. The predicted molar refractivity (Wildman–Crippen MR) is 92.2 cm³/mol. The molecule has 0 amide bonds. The molecule has 0 bridgehead atoms. The van der Waals surface area contributed by atoms with E-state index in [2.05, 4.69) is 0 Å². The number of hydrogen-bond donors (Lipinski definition) is 0. The molecule has 0 radical (unpaired) electrons. The van der Waals surface area contributed by atoms with Crippen molar-refractivity contribution in [3.05, 3.63) is 65.0 Å². The van der Waals surface area contributed by atoms with Crippen LogP contribution in [0.3, 0.4) is 0 Å². The van der Waals surface area contributed by atoms with Crippen LogP contribution in [0.4, 0.5) is 4.39 Å². The highest BCUT2D eigenvalue weighted by atomic mass is 19.1. The van der Waals surface area contributed by atoms with E-state index >= 15 is 0 Å². The number of carbonyl (C=O) groups is 3. The van der Waals surface area contributed by atoms with E-state index in [0.717, 1.165) is 12.1 Å². The standard InChI is InChI=1S/C20H16FNO5/c1-20(2,12-23)19(25)26-11-15-9-13(10-22)3-8-17(15)27-18(24)14-4-6-16(21)7-5-14/h3-9,12H,11H2,1-2H3. The first-order chi connectivity index (χ1) is 12.8. The van der Waals surface area contributed by atoms with Gasteiger partial charge in [-0.2, -0.15) is 5.26 Å². The van der Waals surface area contributed by atoms with Crippen molar-refractivity contribution in [2.45, 2.75) is 20.5 Å². The molecule has 0 atom stereocenters. The Morgan fingerprint density at radius 1 is 1.19 bits per heavy atom. The molecule has 0 fully saturated rings.